The molecule has 1 N–H and O–H groups in total. The van der Waals surface area contributed by atoms with E-state index in [-0.39, 0.29) is 29.3 Å². The van der Waals surface area contributed by atoms with Crippen LogP contribution >= 0.6 is 0 Å². The van der Waals surface area contributed by atoms with E-state index in [1.54, 1.807) is 4.52 Å². The first-order chi connectivity index (χ1) is 13.6. The number of imide groups is 1. The van der Waals surface area contributed by atoms with E-state index in [2.05, 4.69) is 10.8 Å². The minimum Gasteiger partial charge on any atom is -0.272 e. The maximum atomic E-state index is 12.6. The van der Waals surface area contributed by atoms with Gasteiger partial charge in [0.1, 0.15) is 12.4 Å². The number of amides is 3. The second kappa shape index (κ2) is 6.91. The fraction of sp³-hybridized carbons (Fsp3) is 0.550. The Kier molecular flexibility index (Phi) is 4.77. The normalized spacial score (nSPS) is 20.0. The maximum Gasteiger partial charge on any atom is 0.332 e. The molecule has 1 saturated carbocycles. The lowest BCUT2D eigenvalue weighted by Crippen LogP contribution is -2.35. The van der Waals surface area contributed by atoms with E-state index in [1.165, 1.54) is 11.9 Å². The van der Waals surface area contributed by atoms with Gasteiger partial charge in [0.15, 0.2) is 0 Å². The van der Waals surface area contributed by atoms with E-state index < -0.39 is 11.0 Å². The molecule has 2 fully saturated rings. The molecule has 1 unspecified atom stereocenters. The molecule has 1 saturated heterocycles. The molecule has 0 radical (unpaired) electrons. The Labute approximate surface area is 172 Å². The molecule has 2 aromatic heterocycles. The van der Waals surface area contributed by atoms with Gasteiger partial charge < -0.3 is 0 Å². The molecule has 0 spiro atoms. The van der Waals surface area contributed by atoms with E-state index in [0.29, 0.717) is 11.7 Å². The number of hydrogen-bond acceptors (Lipinski definition) is 4. The van der Waals surface area contributed by atoms with Gasteiger partial charge in [-0.1, -0.05) is 0 Å². The molecule has 0 aromatic carbocycles. The van der Waals surface area contributed by atoms with E-state index in [1.807, 2.05) is 39.8 Å². The molecule has 4 rings (SSSR count). The zero-order valence-electron chi connectivity index (χ0n) is 17.4. The average Bonchev–Trinajstić information content (AvgIpc) is 3.36. The standard InChI is InChI=1S/C20H27N5O3S/c1-12(22-29(28)20(2,3)4)16-10-15-8-14(13-6-7-13)9-17(25(15)21-16)24-11-18(26)23(5)19(24)27/h8-10,12-13,22H,6-7,11H2,1-5H3/t12-,29?/m1/s1. The van der Waals surface area contributed by atoms with Crippen LogP contribution in [-0.4, -0.2) is 49.0 Å². The van der Waals surface area contributed by atoms with Gasteiger partial charge in [-0.15, -0.1) is 0 Å². The molecule has 29 heavy (non-hydrogen) atoms. The number of nitrogens with zero attached hydrogens (tertiary/aromatic N) is 4. The van der Waals surface area contributed by atoms with Crippen LogP contribution in [0.3, 0.4) is 0 Å². The summed E-state index contributed by atoms with van der Waals surface area (Å²) >= 11 is 0. The van der Waals surface area contributed by atoms with Crippen molar-refractivity contribution in [3.63, 3.8) is 0 Å². The van der Waals surface area contributed by atoms with Gasteiger partial charge in [-0.2, -0.15) is 5.10 Å². The summed E-state index contributed by atoms with van der Waals surface area (Å²) in [7, 11) is 0.266. The zero-order valence-corrected chi connectivity index (χ0v) is 18.2. The van der Waals surface area contributed by atoms with Gasteiger partial charge in [-0.3, -0.25) is 14.6 Å². The smallest absolute Gasteiger partial charge is 0.272 e. The van der Waals surface area contributed by atoms with Crippen molar-refractivity contribution >= 4 is 34.3 Å². The highest BCUT2D eigenvalue weighted by molar-refractivity contribution is 7.84. The first-order valence-corrected chi connectivity index (χ1v) is 11.0. The van der Waals surface area contributed by atoms with Gasteiger partial charge in [-0.05, 0) is 70.2 Å². The highest BCUT2D eigenvalue weighted by atomic mass is 32.2. The Hall–Kier alpha value is -2.26. The molecule has 9 heteroatoms. The minimum atomic E-state index is -1.23. The topological polar surface area (TPSA) is 87.0 Å². The van der Waals surface area contributed by atoms with Gasteiger partial charge >= 0.3 is 6.03 Å². The molecule has 1 aliphatic carbocycles. The first-order valence-electron chi connectivity index (χ1n) is 9.86. The van der Waals surface area contributed by atoms with Gasteiger partial charge in [-0.25, -0.2) is 18.2 Å². The van der Waals surface area contributed by atoms with Crippen molar-refractivity contribution in [2.45, 2.75) is 57.2 Å². The quantitative estimate of drug-likeness (QED) is 0.758. The number of carbonyl (C=O) groups excluding carboxylic acids is 2. The molecule has 3 amide bonds. The predicted octanol–water partition coefficient (Wildman–Crippen LogP) is 2.72. The van der Waals surface area contributed by atoms with Crippen LogP contribution in [0.4, 0.5) is 10.6 Å². The van der Waals surface area contributed by atoms with Crippen LogP contribution in [0, 0.1) is 0 Å². The van der Waals surface area contributed by atoms with Crippen molar-refractivity contribution < 1.29 is 13.8 Å². The number of urea groups is 1. The van der Waals surface area contributed by atoms with Gasteiger partial charge in [0.05, 0.1) is 33.0 Å². The minimum absolute atomic E-state index is 0.00952. The third-order valence-corrected chi connectivity index (χ3v) is 7.06. The van der Waals surface area contributed by atoms with Crippen LogP contribution < -0.4 is 9.62 Å². The molecule has 1 aliphatic heterocycles. The second-order valence-electron chi connectivity index (χ2n) is 8.87. The number of likely N-dealkylation sites (N-methyl/N-ethyl adjacent to an activating group) is 1. The Balaban J connectivity index is 1.74. The number of carbonyl (C=O) groups is 2. The molecule has 2 aromatic rings. The van der Waals surface area contributed by atoms with Crippen LogP contribution in [0.15, 0.2) is 18.2 Å². The van der Waals surface area contributed by atoms with Crippen molar-refractivity contribution in [1.82, 2.24) is 19.2 Å². The van der Waals surface area contributed by atoms with E-state index in [4.69, 9.17) is 5.10 Å². The van der Waals surface area contributed by atoms with Crippen molar-refractivity contribution in [2.24, 2.45) is 0 Å². The summed E-state index contributed by atoms with van der Waals surface area (Å²) in [5.74, 6) is 0.859. The third-order valence-electron chi connectivity index (χ3n) is 5.38. The fourth-order valence-corrected chi connectivity index (χ4v) is 4.15. The van der Waals surface area contributed by atoms with Gasteiger partial charge in [0, 0.05) is 7.05 Å². The maximum absolute atomic E-state index is 12.6. The molecule has 2 aliphatic rings. The Morgan fingerprint density at radius 3 is 2.45 bits per heavy atom. The van der Waals surface area contributed by atoms with E-state index in [0.717, 1.165) is 34.5 Å². The number of nitrogens with one attached hydrogen (secondary N) is 1. The van der Waals surface area contributed by atoms with Crippen LogP contribution in [0.5, 0.6) is 0 Å². The van der Waals surface area contributed by atoms with E-state index >= 15 is 0 Å². The molecular formula is C20H27N5O3S. The Morgan fingerprint density at radius 1 is 1.21 bits per heavy atom. The van der Waals surface area contributed by atoms with Crippen LogP contribution in [-0.2, 0) is 15.8 Å². The third kappa shape index (κ3) is 3.69. The SMILES string of the molecule is C[C@@H](NS(=O)C(C)(C)C)c1cc2cc(C3CC3)cc(N3CC(=O)N(C)C3=O)n2n1. The molecular weight excluding hydrogens is 390 g/mol. The molecule has 2 atom stereocenters. The molecule has 8 nitrogen and oxygen atoms in total. The fourth-order valence-electron chi connectivity index (χ4n) is 3.35. The lowest BCUT2D eigenvalue weighted by atomic mass is 10.1. The average molecular weight is 418 g/mol. The number of anilines is 1. The van der Waals surface area contributed by atoms with Crippen molar-refractivity contribution in [2.75, 3.05) is 18.5 Å². The summed E-state index contributed by atoms with van der Waals surface area (Å²) < 4.78 is 16.9. The van der Waals surface area contributed by atoms with Crippen LogP contribution in [0.1, 0.15) is 63.8 Å². The molecule has 156 valence electrons. The largest absolute Gasteiger partial charge is 0.332 e. The summed E-state index contributed by atoms with van der Waals surface area (Å²) in [6, 6.07) is 5.44. The monoisotopic (exact) mass is 417 g/mol. The molecule has 0 bridgehead atoms. The van der Waals surface area contributed by atoms with E-state index in [9.17, 15) is 13.8 Å². The number of rotatable bonds is 5. The summed E-state index contributed by atoms with van der Waals surface area (Å²) in [5, 5.41) is 4.69. The summed E-state index contributed by atoms with van der Waals surface area (Å²) in [4.78, 5) is 27.3. The van der Waals surface area contributed by atoms with Crippen LogP contribution in [0.25, 0.3) is 5.52 Å². The Morgan fingerprint density at radius 2 is 1.90 bits per heavy atom. The summed E-state index contributed by atoms with van der Waals surface area (Å²) in [6.45, 7) is 7.68. The van der Waals surface area contributed by atoms with Crippen molar-refractivity contribution in [3.8, 4) is 0 Å². The zero-order chi connectivity index (χ0) is 21.1. The lowest BCUT2D eigenvalue weighted by Gasteiger charge is -2.21. The summed E-state index contributed by atoms with van der Waals surface area (Å²) in [6.07, 6.45) is 2.26. The highest BCUT2D eigenvalue weighted by Gasteiger charge is 2.36. The van der Waals surface area contributed by atoms with Gasteiger partial charge in [0.25, 0.3) is 5.91 Å². The highest BCUT2D eigenvalue weighted by Crippen LogP contribution is 2.42. The van der Waals surface area contributed by atoms with Gasteiger partial charge in [0.2, 0.25) is 0 Å². The van der Waals surface area contributed by atoms with Crippen LogP contribution in [0.2, 0.25) is 0 Å². The summed E-state index contributed by atoms with van der Waals surface area (Å²) in [5.41, 5.74) is 2.76. The molecule has 3 heterocycles. The number of fused-ring (bicyclic) bond motifs is 1. The first kappa shape index (κ1) is 20.0. The van der Waals surface area contributed by atoms with Crippen molar-refractivity contribution in [1.29, 1.82) is 0 Å². The number of pyridine rings is 1. The Bertz CT molecular complexity index is 1020. The lowest BCUT2D eigenvalue weighted by molar-refractivity contribution is -0.123. The van der Waals surface area contributed by atoms with Crippen molar-refractivity contribution in [3.05, 3.63) is 29.5 Å². The number of hydrogen-bond donors (Lipinski definition) is 1. The predicted molar refractivity (Wildman–Crippen MR) is 112 cm³/mol. The number of aromatic nitrogens is 2. The second-order valence-corrected chi connectivity index (χ2v) is 10.9.